The van der Waals surface area contributed by atoms with E-state index in [1.165, 1.54) is 0 Å². The van der Waals surface area contributed by atoms with Crippen molar-refractivity contribution in [1.82, 2.24) is 14.8 Å². The molecule has 1 atom stereocenters. The van der Waals surface area contributed by atoms with Gasteiger partial charge in [0, 0.05) is 11.4 Å². The molecule has 5 nitrogen and oxygen atoms in total. The predicted octanol–water partition coefficient (Wildman–Crippen LogP) is 4.92. The molecular formula is C22H26N4OS. The van der Waals surface area contributed by atoms with Crippen LogP contribution in [0.4, 0.5) is 0 Å². The van der Waals surface area contributed by atoms with E-state index in [1.54, 1.807) is 11.8 Å². The van der Waals surface area contributed by atoms with Gasteiger partial charge >= 0.3 is 0 Å². The van der Waals surface area contributed by atoms with Gasteiger partial charge in [-0.25, -0.2) is 0 Å². The molecule has 3 aromatic rings. The van der Waals surface area contributed by atoms with Gasteiger partial charge < -0.3 is 10.5 Å². The Bertz CT molecular complexity index is 877. The molecule has 146 valence electrons. The Morgan fingerprint density at radius 3 is 2.57 bits per heavy atom. The van der Waals surface area contributed by atoms with E-state index in [0.29, 0.717) is 6.61 Å². The first-order valence-electron chi connectivity index (χ1n) is 9.44. The number of hydrogen-bond acceptors (Lipinski definition) is 5. The molecule has 1 heterocycles. The van der Waals surface area contributed by atoms with E-state index in [4.69, 9.17) is 10.5 Å². The molecule has 0 saturated heterocycles. The quantitative estimate of drug-likeness (QED) is 0.390. The van der Waals surface area contributed by atoms with E-state index >= 15 is 0 Å². The minimum absolute atomic E-state index is 0.149. The highest BCUT2D eigenvalue weighted by Crippen LogP contribution is 2.27. The van der Waals surface area contributed by atoms with Crippen LogP contribution in [0, 0.1) is 0 Å². The molecule has 0 bridgehead atoms. The molecule has 1 unspecified atom stereocenters. The second kappa shape index (κ2) is 10.1. The van der Waals surface area contributed by atoms with Crippen LogP contribution in [0.25, 0.3) is 5.69 Å². The standard InChI is InChI=1S/C22H26N4OS/c1-3-8-20(23)21-24-25-22(28-15-4-2)26(21)18-11-13-19(14-12-18)27-16-17-9-6-5-7-10-17/h4-7,9-14,20H,2-3,8,15-16,23H2,1H3. The van der Waals surface area contributed by atoms with Gasteiger partial charge in [-0.1, -0.05) is 61.5 Å². The van der Waals surface area contributed by atoms with Gasteiger partial charge in [-0.05, 0) is 36.2 Å². The largest absolute Gasteiger partial charge is 0.489 e. The van der Waals surface area contributed by atoms with E-state index in [-0.39, 0.29) is 6.04 Å². The minimum Gasteiger partial charge on any atom is -0.489 e. The number of rotatable bonds is 10. The molecule has 2 N–H and O–H groups in total. The summed E-state index contributed by atoms with van der Waals surface area (Å²) in [6.07, 6.45) is 3.72. The summed E-state index contributed by atoms with van der Waals surface area (Å²) in [6, 6.07) is 17.9. The number of nitrogens with zero attached hydrogens (tertiary/aromatic N) is 3. The number of hydrogen-bond donors (Lipinski definition) is 1. The van der Waals surface area contributed by atoms with Gasteiger partial charge in [-0.15, -0.1) is 16.8 Å². The van der Waals surface area contributed by atoms with Crippen LogP contribution in [-0.4, -0.2) is 20.5 Å². The van der Waals surface area contributed by atoms with Crippen LogP contribution in [0.1, 0.15) is 37.2 Å². The van der Waals surface area contributed by atoms with Crippen molar-refractivity contribution in [3.63, 3.8) is 0 Å². The zero-order chi connectivity index (χ0) is 19.8. The first-order valence-corrected chi connectivity index (χ1v) is 10.4. The number of benzene rings is 2. The highest BCUT2D eigenvalue weighted by atomic mass is 32.2. The van der Waals surface area contributed by atoms with E-state index in [2.05, 4.69) is 35.8 Å². The second-order valence-corrected chi connectivity index (χ2v) is 7.43. The molecular weight excluding hydrogens is 368 g/mol. The Balaban J connectivity index is 1.81. The molecule has 6 heteroatoms. The van der Waals surface area contributed by atoms with E-state index < -0.39 is 0 Å². The highest BCUT2D eigenvalue weighted by molar-refractivity contribution is 7.99. The van der Waals surface area contributed by atoms with Crippen molar-refractivity contribution in [1.29, 1.82) is 0 Å². The third-order valence-corrected chi connectivity index (χ3v) is 5.19. The zero-order valence-corrected chi connectivity index (χ0v) is 16.9. The Hall–Kier alpha value is -2.57. The number of nitrogens with two attached hydrogens (primary N) is 1. The normalized spacial score (nSPS) is 11.9. The molecule has 0 amide bonds. The summed E-state index contributed by atoms with van der Waals surface area (Å²) >= 11 is 1.59. The molecule has 0 saturated carbocycles. The molecule has 0 spiro atoms. The third-order valence-electron chi connectivity index (χ3n) is 4.26. The molecule has 0 aliphatic rings. The average molecular weight is 395 g/mol. The van der Waals surface area contributed by atoms with Crippen molar-refractivity contribution in [2.24, 2.45) is 5.73 Å². The maximum absolute atomic E-state index is 6.35. The van der Waals surface area contributed by atoms with Crippen molar-refractivity contribution in [2.75, 3.05) is 5.75 Å². The molecule has 1 aromatic heterocycles. The molecule has 0 fully saturated rings. The summed E-state index contributed by atoms with van der Waals surface area (Å²) in [6.45, 7) is 6.45. The molecule has 0 aliphatic carbocycles. The molecule has 2 aromatic carbocycles. The molecule has 3 rings (SSSR count). The monoisotopic (exact) mass is 394 g/mol. The van der Waals surface area contributed by atoms with E-state index in [9.17, 15) is 0 Å². The summed E-state index contributed by atoms with van der Waals surface area (Å²) in [5.41, 5.74) is 8.47. The summed E-state index contributed by atoms with van der Waals surface area (Å²) in [7, 11) is 0. The fourth-order valence-electron chi connectivity index (χ4n) is 2.86. The molecule has 0 radical (unpaired) electrons. The van der Waals surface area contributed by atoms with Crippen LogP contribution in [0.2, 0.25) is 0 Å². The minimum atomic E-state index is -0.149. The van der Waals surface area contributed by atoms with E-state index in [1.807, 2.05) is 53.1 Å². The maximum atomic E-state index is 6.35. The topological polar surface area (TPSA) is 66.0 Å². The van der Waals surface area contributed by atoms with Gasteiger partial charge in [0.1, 0.15) is 12.4 Å². The van der Waals surface area contributed by atoms with Crippen molar-refractivity contribution in [2.45, 2.75) is 37.6 Å². The second-order valence-electron chi connectivity index (χ2n) is 6.44. The van der Waals surface area contributed by atoms with Crippen LogP contribution < -0.4 is 10.5 Å². The summed E-state index contributed by atoms with van der Waals surface area (Å²) in [5.74, 6) is 2.37. The van der Waals surface area contributed by atoms with Crippen LogP contribution in [-0.2, 0) is 6.61 Å². The van der Waals surface area contributed by atoms with Crippen LogP contribution >= 0.6 is 11.8 Å². The fourth-order valence-corrected chi connectivity index (χ4v) is 3.56. The van der Waals surface area contributed by atoms with Crippen molar-refractivity contribution < 1.29 is 4.74 Å². The summed E-state index contributed by atoms with van der Waals surface area (Å²) in [4.78, 5) is 0. The van der Waals surface area contributed by atoms with Gasteiger partial charge in [0.05, 0.1) is 6.04 Å². The lowest BCUT2D eigenvalue weighted by molar-refractivity contribution is 0.306. The first kappa shape index (κ1) is 20.2. The van der Waals surface area contributed by atoms with Crippen LogP contribution in [0.3, 0.4) is 0 Å². The Kier molecular flexibility index (Phi) is 7.28. The van der Waals surface area contributed by atoms with Crippen LogP contribution in [0.15, 0.2) is 72.4 Å². The van der Waals surface area contributed by atoms with Gasteiger partial charge in [-0.3, -0.25) is 4.57 Å². The van der Waals surface area contributed by atoms with Crippen LogP contribution in [0.5, 0.6) is 5.75 Å². The number of thioether (sulfide) groups is 1. The lowest BCUT2D eigenvalue weighted by Gasteiger charge is -2.15. The van der Waals surface area contributed by atoms with Gasteiger partial charge in [0.15, 0.2) is 11.0 Å². The fraction of sp³-hybridized carbons (Fsp3) is 0.273. The van der Waals surface area contributed by atoms with Gasteiger partial charge in [-0.2, -0.15) is 0 Å². The predicted molar refractivity (Wildman–Crippen MR) is 115 cm³/mol. The first-order chi connectivity index (χ1) is 13.7. The Morgan fingerprint density at radius 1 is 1.14 bits per heavy atom. The van der Waals surface area contributed by atoms with Gasteiger partial charge in [0.2, 0.25) is 0 Å². The number of ether oxygens (including phenoxy) is 1. The molecule has 0 aliphatic heterocycles. The summed E-state index contributed by atoms with van der Waals surface area (Å²) < 4.78 is 7.93. The Labute approximate surface area is 170 Å². The van der Waals surface area contributed by atoms with Crippen molar-refractivity contribution in [3.05, 3.63) is 78.6 Å². The zero-order valence-electron chi connectivity index (χ0n) is 16.1. The average Bonchev–Trinajstić information content (AvgIpc) is 3.16. The van der Waals surface area contributed by atoms with Crippen molar-refractivity contribution >= 4 is 11.8 Å². The van der Waals surface area contributed by atoms with Gasteiger partial charge in [0.25, 0.3) is 0 Å². The number of aromatic nitrogens is 3. The Morgan fingerprint density at radius 2 is 1.89 bits per heavy atom. The summed E-state index contributed by atoms with van der Waals surface area (Å²) in [5, 5.41) is 9.53. The lowest BCUT2D eigenvalue weighted by Crippen LogP contribution is -2.16. The SMILES string of the molecule is C=CCSc1nnc(C(N)CCC)n1-c1ccc(OCc2ccccc2)cc1. The lowest BCUT2D eigenvalue weighted by atomic mass is 10.1. The highest BCUT2D eigenvalue weighted by Gasteiger charge is 2.19. The smallest absolute Gasteiger partial charge is 0.196 e. The van der Waals surface area contributed by atoms with E-state index in [0.717, 1.165) is 46.6 Å². The third kappa shape index (κ3) is 5.03. The molecule has 28 heavy (non-hydrogen) atoms. The maximum Gasteiger partial charge on any atom is 0.196 e. The van der Waals surface area contributed by atoms with Crippen molar-refractivity contribution in [3.8, 4) is 11.4 Å².